The zero-order valence-electron chi connectivity index (χ0n) is 12.0. The fourth-order valence-electron chi connectivity index (χ4n) is 1.66. The van der Waals surface area contributed by atoms with E-state index in [9.17, 15) is 0 Å². The van der Waals surface area contributed by atoms with Crippen LogP contribution < -0.4 is 0 Å². The molecule has 0 bridgehead atoms. The lowest BCUT2D eigenvalue weighted by Crippen LogP contribution is -2.47. The van der Waals surface area contributed by atoms with Gasteiger partial charge in [-0.1, -0.05) is 19.3 Å². The van der Waals surface area contributed by atoms with E-state index in [-0.39, 0.29) is 0 Å². The van der Waals surface area contributed by atoms with E-state index in [0.29, 0.717) is 0 Å². The van der Waals surface area contributed by atoms with E-state index >= 15 is 0 Å². The van der Waals surface area contributed by atoms with E-state index in [1.165, 1.54) is 6.42 Å². The van der Waals surface area contributed by atoms with Crippen LogP contribution in [0, 0.1) is 11.8 Å². The first kappa shape index (κ1) is 16.1. The predicted molar refractivity (Wildman–Crippen MR) is 74.5 cm³/mol. The van der Waals surface area contributed by atoms with Crippen molar-refractivity contribution in [3.63, 3.8) is 0 Å². The van der Waals surface area contributed by atoms with Gasteiger partial charge in [-0.15, -0.1) is 0 Å². The monoisotopic (exact) mass is 238 g/mol. The fraction of sp³-hybridized carbons (Fsp3) is 0.733. The first-order chi connectivity index (χ1) is 8.24. The van der Waals surface area contributed by atoms with Crippen molar-refractivity contribution in [1.82, 2.24) is 0 Å². The zero-order chi connectivity index (χ0) is 13.0. The number of unbranched alkanes of at least 4 members (excludes halogenated alkanes) is 1. The Labute approximate surface area is 107 Å². The number of quaternary nitrogens is 1. The molecule has 17 heavy (non-hydrogen) atoms. The van der Waals surface area contributed by atoms with E-state index < -0.39 is 0 Å². The van der Waals surface area contributed by atoms with Crippen molar-refractivity contribution < 1.29 is 9.22 Å². The molecule has 0 aliphatic heterocycles. The highest BCUT2D eigenvalue weighted by atomic mass is 16.5. The van der Waals surface area contributed by atoms with Crippen LogP contribution in [0.2, 0.25) is 0 Å². The summed E-state index contributed by atoms with van der Waals surface area (Å²) in [7, 11) is 0. The third-order valence-electron chi connectivity index (χ3n) is 3.39. The third-order valence-corrected chi connectivity index (χ3v) is 3.39. The van der Waals surface area contributed by atoms with Crippen molar-refractivity contribution in [2.75, 3.05) is 32.8 Å². The van der Waals surface area contributed by atoms with E-state index in [1.54, 1.807) is 6.26 Å². The average molecular weight is 238 g/mol. The van der Waals surface area contributed by atoms with Gasteiger partial charge in [-0.05, 0) is 33.1 Å². The topological polar surface area (TPSA) is 9.23 Å². The van der Waals surface area contributed by atoms with E-state index in [2.05, 4.69) is 39.5 Å². The van der Waals surface area contributed by atoms with Gasteiger partial charge < -0.3 is 9.22 Å². The number of rotatable bonds is 8. The van der Waals surface area contributed by atoms with Gasteiger partial charge >= 0.3 is 0 Å². The summed E-state index contributed by atoms with van der Waals surface area (Å²) in [5, 5.41) is 0. The second-order valence-corrected chi connectivity index (χ2v) is 4.30. The summed E-state index contributed by atoms with van der Waals surface area (Å²) in [4.78, 5) is 0. The number of ether oxygens (including phenoxy) is 1. The van der Waals surface area contributed by atoms with Crippen LogP contribution >= 0.6 is 0 Å². The highest BCUT2D eigenvalue weighted by Crippen LogP contribution is 2.03. The summed E-state index contributed by atoms with van der Waals surface area (Å²) >= 11 is 0. The average Bonchev–Trinajstić information content (AvgIpc) is 2.38. The standard InChI is InChI=1S/C15H28NO/c1-5-9-14-17-15-12-10-11-13-16(6-2,7-3)8-4/h12,15H,5-9,13-14H2,1-4H3/q+1/b15-12+. The molecule has 0 spiro atoms. The molecule has 2 heteroatoms. The Morgan fingerprint density at radius 1 is 1.06 bits per heavy atom. The van der Waals surface area contributed by atoms with Crippen LogP contribution in [-0.4, -0.2) is 37.3 Å². The van der Waals surface area contributed by atoms with Crippen LogP contribution in [-0.2, 0) is 4.74 Å². The van der Waals surface area contributed by atoms with Crippen LogP contribution in [0.1, 0.15) is 40.5 Å². The third kappa shape index (κ3) is 7.07. The molecule has 0 saturated carbocycles. The molecule has 0 aromatic carbocycles. The predicted octanol–water partition coefficient (Wildman–Crippen LogP) is 3.20. The van der Waals surface area contributed by atoms with Crippen molar-refractivity contribution in [3.05, 3.63) is 12.3 Å². The number of nitrogens with zero attached hydrogens (tertiary/aromatic N) is 1. The lowest BCUT2D eigenvalue weighted by molar-refractivity contribution is -0.916. The Morgan fingerprint density at radius 3 is 2.24 bits per heavy atom. The molecule has 0 aromatic heterocycles. The molecule has 0 amide bonds. The Balaban J connectivity index is 3.93. The fourth-order valence-corrected chi connectivity index (χ4v) is 1.66. The molecule has 0 aromatic rings. The minimum Gasteiger partial charge on any atom is -0.501 e. The molecular formula is C15H28NO+. The number of allylic oxidation sites excluding steroid dienone is 1. The molecule has 0 aliphatic rings. The second kappa shape index (κ2) is 10.2. The second-order valence-electron chi connectivity index (χ2n) is 4.30. The number of hydrogen-bond donors (Lipinski definition) is 0. The van der Waals surface area contributed by atoms with Crippen molar-refractivity contribution in [2.24, 2.45) is 0 Å². The Morgan fingerprint density at radius 2 is 1.71 bits per heavy atom. The highest BCUT2D eigenvalue weighted by Gasteiger charge is 2.18. The van der Waals surface area contributed by atoms with Gasteiger partial charge in [0.15, 0.2) is 0 Å². The molecule has 0 atom stereocenters. The molecule has 0 radical (unpaired) electrons. The van der Waals surface area contributed by atoms with E-state index in [0.717, 1.165) is 43.7 Å². The van der Waals surface area contributed by atoms with E-state index in [4.69, 9.17) is 4.74 Å². The SMILES string of the molecule is CCCCO/C=C/C#CC[N+](CC)(CC)CC. The summed E-state index contributed by atoms with van der Waals surface area (Å²) in [5.41, 5.74) is 0. The summed E-state index contributed by atoms with van der Waals surface area (Å²) in [6.45, 7) is 14.0. The summed E-state index contributed by atoms with van der Waals surface area (Å²) in [5.74, 6) is 6.27. The summed E-state index contributed by atoms with van der Waals surface area (Å²) in [6, 6.07) is 0. The molecule has 0 N–H and O–H groups in total. The molecule has 0 saturated heterocycles. The summed E-state index contributed by atoms with van der Waals surface area (Å²) in [6.07, 6.45) is 5.80. The smallest absolute Gasteiger partial charge is 0.141 e. The van der Waals surface area contributed by atoms with Gasteiger partial charge in [0.1, 0.15) is 6.54 Å². The van der Waals surface area contributed by atoms with E-state index in [1.807, 2.05) is 6.08 Å². The molecule has 98 valence electrons. The minimum absolute atomic E-state index is 0.799. The van der Waals surface area contributed by atoms with Crippen molar-refractivity contribution in [3.8, 4) is 11.8 Å². The van der Waals surface area contributed by atoms with Gasteiger partial charge in [0.2, 0.25) is 0 Å². The number of hydrogen-bond acceptors (Lipinski definition) is 1. The quantitative estimate of drug-likeness (QED) is 0.273. The van der Waals surface area contributed by atoms with Crippen molar-refractivity contribution >= 4 is 0 Å². The van der Waals surface area contributed by atoms with Gasteiger partial charge in [-0.3, -0.25) is 0 Å². The minimum atomic E-state index is 0.799. The van der Waals surface area contributed by atoms with Gasteiger partial charge in [0, 0.05) is 6.08 Å². The summed E-state index contributed by atoms with van der Waals surface area (Å²) < 4.78 is 6.38. The Kier molecular flexibility index (Phi) is 9.66. The normalized spacial score (nSPS) is 11.3. The maximum absolute atomic E-state index is 5.30. The van der Waals surface area contributed by atoms with Crippen LogP contribution in [0.15, 0.2) is 12.3 Å². The highest BCUT2D eigenvalue weighted by molar-refractivity contribution is 5.13. The molecule has 0 aliphatic carbocycles. The molecule has 0 fully saturated rings. The van der Waals surface area contributed by atoms with Gasteiger partial charge in [-0.2, -0.15) is 0 Å². The van der Waals surface area contributed by atoms with Crippen molar-refractivity contribution in [1.29, 1.82) is 0 Å². The maximum Gasteiger partial charge on any atom is 0.141 e. The first-order valence-corrected chi connectivity index (χ1v) is 6.84. The van der Waals surface area contributed by atoms with Crippen LogP contribution in [0.5, 0.6) is 0 Å². The lowest BCUT2D eigenvalue weighted by atomic mass is 10.3. The van der Waals surface area contributed by atoms with Gasteiger partial charge in [0.05, 0.1) is 32.5 Å². The van der Waals surface area contributed by atoms with Crippen LogP contribution in [0.25, 0.3) is 0 Å². The zero-order valence-corrected chi connectivity index (χ0v) is 12.0. The molecule has 0 rings (SSSR count). The van der Waals surface area contributed by atoms with Gasteiger partial charge in [0.25, 0.3) is 0 Å². The molecule has 0 heterocycles. The molecule has 0 unspecified atom stereocenters. The molecular weight excluding hydrogens is 210 g/mol. The Bertz CT molecular complexity index is 248. The largest absolute Gasteiger partial charge is 0.501 e. The maximum atomic E-state index is 5.30. The Hall–Kier alpha value is -0.940. The van der Waals surface area contributed by atoms with Gasteiger partial charge in [-0.25, -0.2) is 0 Å². The van der Waals surface area contributed by atoms with Crippen LogP contribution in [0.3, 0.4) is 0 Å². The lowest BCUT2D eigenvalue weighted by Gasteiger charge is -2.33. The van der Waals surface area contributed by atoms with Crippen molar-refractivity contribution in [2.45, 2.75) is 40.5 Å². The first-order valence-electron chi connectivity index (χ1n) is 6.84. The molecule has 2 nitrogen and oxygen atoms in total. The van der Waals surface area contributed by atoms with Crippen LogP contribution in [0.4, 0.5) is 0 Å².